The summed E-state index contributed by atoms with van der Waals surface area (Å²) in [5, 5.41) is 14.4. The van der Waals surface area contributed by atoms with Crippen LogP contribution in [0.15, 0.2) is 31.0 Å². The molecule has 4 rings (SSSR count). The molecule has 2 aliphatic carbocycles. The van der Waals surface area contributed by atoms with Crippen molar-refractivity contribution in [2.45, 2.75) is 50.5 Å². The predicted molar refractivity (Wildman–Crippen MR) is 83.6 cm³/mol. The van der Waals surface area contributed by atoms with Crippen LogP contribution in [0.5, 0.6) is 0 Å². The number of hydrogen-bond donors (Lipinski definition) is 1. The average molecular weight is 312 g/mol. The minimum atomic E-state index is -0.907. The maximum atomic E-state index is 12.1. The molecule has 2 aromatic rings. The Kier molecular flexibility index (Phi) is 3.21. The lowest BCUT2D eigenvalue weighted by atomic mass is 9.82. The second kappa shape index (κ2) is 5.15. The van der Waals surface area contributed by atoms with Crippen LogP contribution in [0.25, 0.3) is 11.3 Å². The third-order valence-corrected chi connectivity index (χ3v) is 5.70. The molecule has 0 aliphatic heterocycles. The van der Waals surface area contributed by atoms with Gasteiger partial charge in [0.05, 0.1) is 11.9 Å². The molecule has 2 heterocycles. The lowest BCUT2D eigenvalue weighted by molar-refractivity contribution is -0.148. The summed E-state index contributed by atoms with van der Waals surface area (Å²) < 4.78 is 1.67. The van der Waals surface area contributed by atoms with Crippen LogP contribution in [0.1, 0.15) is 44.9 Å². The molecule has 1 unspecified atom stereocenters. The van der Waals surface area contributed by atoms with Gasteiger partial charge in [-0.15, -0.1) is 0 Å². The molecule has 1 atom stereocenters. The second-order valence-electron chi connectivity index (χ2n) is 6.99. The predicted octanol–water partition coefficient (Wildman–Crippen LogP) is 2.86. The minimum absolute atomic E-state index is 0.208. The van der Waals surface area contributed by atoms with Crippen LogP contribution >= 0.6 is 0 Å². The third-order valence-electron chi connectivity index (χ3n) is 5.70. The van der Waals surface area contributed by atoms with Gasteiger partial charge in [0.25, 0.3) is 0 Å². The van der Waals surface area contributed by atoms with Crippen LogP contribution in [-0.4, -0.2) is 30.8 Å². The fourth-order valence-corrected chi connectivity index (χ4v) is 4.45. The zero-order valence-corrected chi connectivity index (χ0v) is 13.0. The highest BCUT2D eigenvalue weighted by Gasteiger charge is 2.55. The van der Waals surface area contributed by atoms with E-state index in [-0.39, 0.29) is 5.41 Å². The summed E-state index contributed by atoms with van der Waals surface area (Å²) in [4.78, 5) is 20.3. The number of carbonyl (C=O) groups is 1. The molecule has 0 saturated heterocycles. The van der Waals surface area contributed by atoms with E-state index in [4.69, 9.17) is 0 Å². The zero-order valence-electron chi connectivity index (χ0n) is 13.0. The molecule has 2 aliphatic rings. The zero-order chi connectivity index (χ0) is 15.9. The quantitative estimate of drug-likeness (QED) is 0.942. The molecule has 120 valence electrons. The largest absolute Gasteiger partial charge is 0.479 e. The smallest absolute Gasteiger partial charge is 0.331 e. The first kappa shape index (κ1) is 14.4. The molecule has 0 radical (unpaired) electrons. The van der Waals surface area contributed by atoms with Gasteiger partial charge >= 0.3 is 5.97 Å². The van der Waals surface area contributed by atoms with Crippen LogP contribution in [0, 0.1) is 5.41 Å². The molecule has 23 heavy (non-hydrogen) atoms. The Bertz CT molecular complexity index is 721. The lowest BCUT2D eigenvalue weighted by Gasteiger charge is -2.28. The van der Waals surface area contributed by atoms with Crippen molar-refractivity contribution in [2.24, 2.45) is 5.41 Å². The van der Waals surface area contributed by atoms with Crippen molar-refractivity contribution < 1.29 is 9.90 Å². The van der Waals surface area contributed by atoms with Gasteiger partial charge in [-0.05, 0) is 43.6 Å². The van der Waals surface area contributed by atoms with E-state index in [0.29, 0.717) is 12.8 Å². The fraction of sp³-hybridized carbons (Fsp3) is 0.529. The summed E-state index contributed by atoms with van der Waals surface area (Å²) in [6.45, 7) is 0. The molecular formula is C17H20N4O2. The van der Waals surface area contributed by atoms with Crippen molar-refractivity contribution in [1.29, 1.82) is 0 Å². The number of hydrogen-bond acceptors (Lipinski definition) is 4. The SMILES string of the molecule is O=C(O)C1(n2cc(-c3ccncn3)cn2)CCC2(CCCC2)C1. The van der Waals surface area contributed by atoms with Crippen molar-refractivity contribution in [3.63, 3.8) is 0 Å². The number of aromatic nitrogens is 4. The van der Waals surface area contributed by atoms with Gasteiger partial charge in [0, 0.05) is 18.0 Å². The first-order chi connectivity index (χ1) is 11.1. The standard InChI is InChI=1S/C17H20N4O2/c22-15(23)17(7-6-16(11-17)4-1-2-5-16)21-10-13(9-20-21)14-3-8-18-12-19-14/h3,8-10,12H,1-2,4-7,11H2,(H,22,23). The summed E-state index contributed by atoms with van der Waals surface area (Å²) in [6.07, 6.45) is 13.8. The first-order valence-corrected chi connectivity index (χ1v) is 8.19. The van der Waals surface area contributed by atoms with Crippen molar-refractivity contribution >= 4 is 5.97 Å². The van der Waals surface area contributed by atoms with Gasteiger partial charge in [-0.1, -0.05) is 12.8 Å². The average Bonchev–Trinajstić information content (AvgIpc) is 3.30. The van der Waals surface area contributed by atoms with Gasteiger partial charge in [-0.2, -0.15) is 5.10 Å². The number of carboxylic acid groups (broad SMARTS) is 1. The molecule has 0 aromatic carbocycles. The van der Waals surface area contributed by atoms with Crippen molar-refractivity contribution in [2.75, 3.05) is 0 Å². The first-order valence-electron chi connectivity index (χ1n) is 8.19. The molecule has 2 saturated carbocycles. The summed E-state index contributed by atoms with van der Waals surface area (Å²) in [5.74, 6) is -0.765. The molecule has 6 heteroatoms. The van der Waals surface area contributed by atoms with Gasteiger partial charge in [0.2, 0.25) is 0 Å². The second-order valence-corrected chi connectivity index (χ2v) is 6.99. The summed E-state index contributed by atoms with van der Waals surface area (Å²) in [6, 6.07) is 1.81. The molecule has 6 nitrogen and oxygen atoms in total. The van der Waals surface area contributed by atoms with Gasteiger partial charge < -0.3 is 5.11 Å². The highest BCUT2D eigenvalue weighted by Crippen LogP contribution is 2.56. The number of nitrogens with zero attached hydrogens (tertiary/aromatic N) is 4. The Hall–Kier alpha value is -2.24. The van der Waals surface area contributed by atoms with Crippen LogP contribution in [-0.2, 0) is 10.3 Å². The third kappa shape index (κ3) is 2.24. The normalized spacial score (nSPS) is 25.9. The number of carboxylic acids is 1. The molecule has 2 fully saturated rings. The Labute approximate surface area is 134 Å². The molecule has 0 bridgehead atoms. The van der Waals surface area contributed by atoms with E-state index in [2.05, 4.69) is 15.1 Å². The van der Waals surface area contributed by atoms with Crippen LogP contribution < -0.4 is 0 Å². The topological polar surface area (TPSA) is 80.9 Å². The molecule has 0 amide bonds. The van der Waals surface area contributed by atoms with E-state index < -0.39 is 11.5 Å². The Morgan fingerprint density at radius 3 is 2.74 bits per heavy atom. The maximum absolute atomic E-state index is 12.1. The van der Waals surface area contributed by atoms with E-state index >= 15 is 0 Å². The highest BCUT2D eigenvalue weighted by molar-refractivity contribution is 5.77. The van der Waals surface area contributed by atoms with Crippen molar-refractivity contribution in [3.05, 3.63) is 31.0 Å². The number of aliphatic carboxylic acids is 1. The van der Waals surface area contributed by atoms with Crippen LogP contribution in [0.3, 0.4) is 0 Å². The summed E-state index contributed by atoms with van der Waals surface area (Å²) in [5.41, 5.74) is 0.899. The fourth-order valence-electron chi connectivity index (χ4n) is 4.45. The summed E-state index contributed by atoms with van der Waals surface area (Å²) >= 11 is 0. The lowest BCUT2D eigenvalue weighted by Crippen LogP contribution is -2.41. The van der Waals surface area contributed by atoms with E-state index in [1.807, 2.05) is 12.3 Å². The molecular weight excluding hydrogens is 292 g/mol. The molecule has 1 N–H and O–H groups in total. The highest BCUT2D eigenvalue weighted by atomic mass is 16.4. The van der Waals surface area contributed by atoms with Crippen LogP contribution in [0.2, 0.25) is 0 Å². The van der Waals surface area contributed by atoms with E-state index in [1.54, 1.807) is 17.1 Å². The van der Waals surface area contributed by atoms with Gasteiger partial charge in [-0.3, -0.25) is 4.68 Å². The van der Waals surface area contributed by atoms with Gasteiger partial charge in [0.15, 0.2) is 5.54 Å². The van der Waals surface area contributed by atoms with Crippen molar-refractivity contribution in [3.8, 4) is 11.3 Å². The van der Waals surface area contributed by atoms with E-state index in [0.717, 1.165) is 30.5 Å². The van der Waals surface area contributed by atoms with Crippen molar-refractivity contribution in [1.82, 2.24) is 19.7 Å². The van der Waals surface area contributed by atoms with Gasteiger partial charge in [-0.25, -0.2) is 14.8 Å². The summed E-state index contributed by atoms with van der Waals surface area (Å²) in [7, 11) is 0. The maximum Gasteiger partial charge on any atom is 0.331 e. The molecule has 2 aromatic heterocycles. The van der Waals surface area contributed by atoms with E-state index in [1.165, 1.54) is 19.2 Å². The Morgan fingerprint density at radius 1 is 1.22 bits per heavy atom. The Balaban J connectivity index is 1.70. The Morgan fingerprint density at radius 2 is 2.04 bits per heavy atom. The van der Waals surface area contributed by atoms with Gasteiger partial charge in [0.1, 0.15) is 6.33 Å². The monoisotopic (exact) mass is 312 g/mol. The molecule has 1 spiro atoms. The van der Waals surface area contributed by atoms with Crippen LogP contribution in [0.4, 0.5) is 0 Å². The number of rotatable bonds is 3. The van der Waals surface area contributed by atoms with E-state index in [9.17, 15) is 9.90 Å². The minimum Gasteiger partial charge on any atom is -0.479 e.